The van der Waals surface area contributed by atoms with Gasteiger partial charge in [0.2, 0.25) is 5.43 Å². The van der Waals surface area contributed by atoms with Gasteiger partial charge in [-0.2, -0.15) is 0 Å². The van der Waals surface area contributed by atoms with Crippen molar-refractivity contribution < 1.29 is 19.0 Å². The van der Waals surface area contributed by atoms with Gasteiger partial charge in [0.05, 0.1) is 18.0 Å². The number of methoxy groups -OCH3 is 1. The second-order valence-electron chi connectivity index (χ2n) is 9.55. The van der Waals surface area contributed by atoms with Crippen LogP contribution in [-0.4, -0.2) is 60.4 Å². The van der Waals surface area contributed by atoms with E-state index < -0.39 is 17.2 Å². The number of carbonyl (C=O) groups is 1. The molecule has 1 aromatic heterocycles. The van der Waals surface area contributed by atoms with Crippen LogP contribution in [0.3, 0.4) is 0 Å². The first kappa shape index (κ1) is 24.5. The number of benzene rings is 1. The predicted octanol–water partition coefficient (Wildman–Crippen LogP) is 4.66. The van der Waals surface area contributed by atoms with Gasteiger partial charge in [-0.1, -0.05) is 39.0 Å². The quantitative estimate of drug-likeness (QED) is 0.478. The zero-order chi connectivity index (χ0) is 24.2. The third-order valence-electron chi connectivity index (χ3n) is 7.09. The number of carboxylic acids is 1. The molecule has 1 aliphatic carbocycles. The molecule has 1 saturated carbocycles. The van der Waals surface area contributed by atoms with E-state index in [0.717, 1.165) is 32.5 Å². The minimum Gasteiger partial charge on any atom is -0.492 e. The van der Waals surface area contributed by atoms with E-state index in [2.05, 4.69) is 11.8 Å². The van der Waals surface area contributed by atoms with Crippen LogP contribution in [0.15, 0.2) is 17.1 Å². The lowest BCUT2D eigenvalue weighted by molar-refractivity contribution is 0.0695. The van der Waals surface area contributed by atoms with Gasteiger partial charge < -0.3 is 19.3 Å². The molecule has 0 spiro atoms. The van der Waals surface area contributed by atoms with Crippen molar-refractivity contribution in [2.75, 3.05) is 44.7 Å². The second-order valence-corrected chi connectivity index (χ2v) is 9.55. The number of piperazine rings is 1. The molecular formula is C26H36FN3O4. The first-order valence-electron chi connectivity index (χ1n) is 12.6. The van der Waals surface area contributed by atoms with Crippen LogP contribution in [0.2, 0.25) is 0 Å². The summed E-state index contributed by atoms with van der Waals surface area (Å²) in [4.78, 5) is 28.9. The third-order valence-corrected chi connectivity index (χ3v) is 7.09. The Morgan fingerprint density at radius 1 is 1.12 bits per heavy atom. The molecule has 7 nitrogen and oxygen atoms in total. The van der Waals surface area contributed by atoms with E-state index in [1.54, 1.807) is 4.57 Å². The normalized spacial score (nSPS) is 16.9. The summed E-state index contributed by atoms with van der Waals surface area (Å²) in [5, 5.41) is 9.56. The van der Waals surface area contributed by atoms with Gasteiger partial charge in [-0.3, -0.25) is 9.69 Å². The summed E-state index contributed by atoms with van der Waals surface area (Å²) in [5.41, 5.74) is -0.152. The molecule has 34 heavy (non-hydrogen) atoms. The van der Waals surface area contributed by atoms with Crippen LogP contribution < -0.4 is 15.1 Å². The average molecular weight is 474 g/mol. The number of aromatic carboxylic acids is 1. The maximum atomic E-state index is 15.4. The van der Waals surface area contributed by atoms with Crippen LogP contribution in [0.25, 0.3) is 10.9 Å². The number of unbranched alkanes of at least 4 members (excludes halogenated alkanes) is 5. The van der Waals surface area contributed by atoms with Crippen LogP contribution in [0, 0.1) is 5.82 Å². The molecule has 1 saturated heterocycles. The van der Waals surface area contributed by atoms with Crippen molar-refractivity contribution in [3.05, 3.63) is 33.9 Å². The number of fused-ring (bicyclic) bond motifs is 1. The number of hydrogen-bond donors (Lipinski definition) is 1. The van der Waals surface area contributed by atoms with Gasteiger partial charge in [0.1, 0.15) is 11.3 Å². The molecule has 186 valence electrons. The lowest BCUT2D eigenvalue weighted by atomic mass is 10.1. The van der Waals surface area contributed by atoms with Crippen molar-refractivity contribution in [3.8, 4) is 5.75 Å². The first-order chi connectivity index (χ1) is 16.5. The minimum absolute atomic E-state index is 0.0617. The molecule has 1 aliphatic heterocycles. The van der Waals surface area contributed by atoms with E-state index in [-0.39, 0.29) is 17.0 Å². The summed E-state index contributed by atoms with van der Waals surface area (Å²) in [6.45, 7) is 6.35. The van der Waals surface area contributed by atoms with Crippen LogP contribution >= 0.6 is 0 Å². The van der Waals surface area contributed by atoms with Crippen molar-refractivity contribution in [3.63, 3.8) is 0 Å². The Kier molecular flexibility index (Phi) is 7.76. The fraction of sp³-hybridized carbons (Fsp3) is 0.615. The molecular weight excluding hydrogens is 437 g/mol. The van der Waals surface area contributed by atoms with Gasteiger partial charge in [0, 0.05) is 38.4 Å². The molecule has 1 aromatic carbocycles. The third kappa shape index (κ3) is 5.06. The van der Waals surface area contributed by atoms with Crippen LogP contribution in [0.4, 0.5) is 10.1 Å². The van der Waals surface area contributed by atoms with Crippen LogP contribution in [-0.2, 0) is 0 Å². The molecule has 2 aromatic rings. The Morgan fingerprint density at radius 2 is 1.79 bits per heavy atom. The first-order valence-corrected chi connectivity index (χ1v) is 12.6. The fourth-order valence-electron chi connectivity index (χ4n) is 5.03. The highest BCUT2D eigenvalue weighted by atomic mass is 19.1. The Morgan fingerprint density at radius 3 is 2.41 bits per heavy atom. The number of carboxylic acid groups (broad SMARTS) is 1. The van der Waals surface area contributed by atoms with E-state index in [1.165, 1.54) is 57.9 Å². The number of hydrogen-bond acceptors (Lipinski definition) is 5. The molecule has 2 heterocycles. The Labute approximate surface area is 200 Å². The summed E-state index contributed by atoms with van der Waals surface area (Å²) in [7, 11) is 1.49. The molecule has 1 N–H and O–H groups in total. The van der Waals surface area contributed by atoms with Crippen molar-refractivity contribution in [1.29, 1.82) is 0 Å². The molecule has 0 bridgehead atoms. The summed E-state index contributed by atoms with van der Waals surface area (Å²) in [6.07, 6.45) is 10.8. The number of halogens is 1. The van der Waals surface area contributed by atoms with E-state index >= 15 is 4.39 Å². The van der Waals surface area contributed by atoms with Gasteiger partial charge in [-0.15, -0.1) is 0 Å². The number of aromatic nitrogens is 1. The molecule has 0 atom stereocenters. The maximum Gasteiger partial charge on any atom is 0.341 e. The molecule has 0 amide bonds. The van der Waals surface area contributed by atoms with E-state index in [4.69, 9.17) is 4.74 Å². The topological polar surface area (TPSA) is 75.0 Å². The van der Waals surface area contributed by atoms with Crippen LogP contribution in [0.1, 0.15) is 74.7 Å². The Balaban J connectivity index is 1.56. The Hall–Kier alpha value is -2.61. The zero-order valence-corrected chi connectivity index (χ0v) is 20.3. The van der Waals surface area contributed by atoms with Crippen molar-refractivity contribution >= 4 is 22.6 Å². The molecule has 2 fully saturated rings. The molecule has 0 radical (unpaired) electrons. The SMILES string of the molecule is CCCCCCCCN1CCN(c2c(F)cc3c(=O)c(C(=O)O)cn(C4CC4)c3c2OC)CC1. The summed E-state index contributed by atoms with van der Waals surface area (Å²) in [5.74, 6) is -1.53. The predicted molar refractivity (Wildman–Crippen MR) is 132 cm³/mol. The second kappa shape index (κ2) is 10.8. The standard InChI is InChI=1S/C26H36FN3O4/c1-3-4-5-6-7-8-11-28-12-14-29(15-13-28)23-21(27)16-19-22(25(23)34-2)30(18-9-10-18)17-20(24(19)31)26(32)33/h16-18H,3-15H2,1-2H3,(H,32,33). The maximum absolute atomic E-state index is 15.4. The van der Waals surface area contributed by atoms with Crippen LogP contribution in [0.5, 0.6) is 5.75 Å². The summed E-state index contributed by atoms with van der Waals surface area (Å²) in [6, 6.07) is 1.30. The summed E-state index contributed by atoms with van der Waals surface area (Å²) < 4.78 is 22.9. The van der Waals surface area contributed by atoms with Crippen molar-refractivity contribution in [2.45, 2.75) is 64.3 Å². The average Bonchev–Trinajstić information content (AvgIpc) is 3.67. The minimum atomic E-state index is -1.30. The van der Waals surface area contributed by atoms with E-state index in [9.17, 15) is 14.7 Å². The smallest absolute Gasteiger partial charge is 0.341 e. The number of nitrogens with zero attached hydrogens (tertiary/aromatic N) is 3. The van der Waals surface area contributed by atoms with Gasteiger partial charge >= 0.3 is 5.97 Å². The Bertz CT molecular complexity index is 1090. The van der Waals surface area contributed by atoms with Gasteiger partial charge in [0.25, 0.3) is 0 Å². The van der Waals surface area contributed by atoms with Crippen molar-refractivity contribution in [1.82, 2.24) is 9.47 Å². The monoisotopic (exact) mass is 473 g/mol. The number of anilines is 1. The molecule has 0 unspecified atom stereocenters. The number of pyridine rings is 1. The van der Waals surface area contributed by atoms with Crippen molar-refractivity contribution in [2.24, 2.45) is 0 Å². The van der Waals surface area contributed by atoms with Gasteiger partial charge in [-0.05, 0) is 31.9 Å². The largest absolute Gasteiger partial charge is 0.492 e. The fourth-order valence-corrected chi connectivity index (χ4v) is 5.03. The van der Waals surface area contributed by atoms with E-state index in [1.807, 2.05) is 4.90 Å². The lowest BCUT2D eigenvalue weighted by Gasteiger charge is -2.37. The van der Waals surface area contributed by atoms with Gasteiger partial charge in [-0.25, -0.2) is 9.18 Å². The highest BCUT2D eigenvalue weighted by Gasteiger charge is 2.32. The molecule has 4 rings (SSSR count). The van der Waals surface area contributed by atoms with Gasteiger partial charge in [0.15, 0.2) is 11.6 Å². The number of ether oxygens (including phenoxy) is 1. The lowest BCUT2D eigenvalue weighted by Crippen LogP contribution is -2.47. The summed E-state index contributed by atoms with van der Waals surface area (Å²) >= 11 is 0. The number of rotatable bonds is 11. The molecule has 2 aliphatic rings. The zero-order valence-electron chi connectivity index (χ0n) is 20.3. The highest BCUT2D eigenvalue weighted by molar-refractivity contribution is 5.97. The highest BCUT2D eigenvalue weighted by Crippen LogP contribution is 2.43. The van der Waals surface area contributed by atoms with E-state index in [0.29, 0.717) is 30.0 Å². The molecule has 8 heteroatoms.